The van der Waals surface area contributed by atoms with Gasteiger partial charge in [-0.1, -0.05) is 42.5 Å². The van der Waals surface area contributed by atoms with Gasteiger partial charge in [-0.25, -0.2) is 4.79 Å². The summed E-state index contributed by atoms with van der Waals surface area (Å²) < 4.78 is 11.1. The first kappa shape index (κ1) is 22.4. The summed E-state index contributed by atoms with van der Waals surface area (Å²) in [5, 5.41) is 9.29. The van der Waals surface area contributed by atoms with E-state index in [1.807, 2.05) is 87.3 Å². The molecule has 0 saturated carbocycles. The molecule has 0 aliphatic carbocycles. The van der Waals surface area contributed by atoms with Crippen LogP contribution in [0.25, 0.3) is 0 Å². The zero-order valence-corrected chi connectivity index (χ0v) is 17.9. The number of hydrogen-bond donors (Lipinski definition) is 0. The van der Waals surface area contributed by atoms with Crippen molar-refractivity contribution in [3.8, 4) is 11.8 Å². The van der Waals surface area contributed by atoms with Crippen LogP contribution >= 0.6 is 0 Å². The molecule has 2 aromatic carbocycles. The van der Waals surface area contributed by atoms with E-state index in [-0.39, 0.29) is 12.4 Å². The van der Waals surface area contributed by atoms with E-state index in [1.54, 1.807) is 7.11 Å². The van der Waals surface area contributed by atoms with Crippen LogP contribution in [0.1, 0.15) is 44.7 Å². The van der Waals surface area contributed by atoms with Crippen molar-refractivity contribution in [1.82, 2.24) is 4.90 Å². The lowest BCUT2D eigenvalue weighted by molar-refractivity contribution is -0.171. The number of carbonyl (C=O) groups is 1. The predicted molar refractivity (Wildman–Crippen MR) is 113 cm³/mol. The fourth-order valence-corrected chi connectivity index (χ4v) is 3.38. The maximum Gasteiger partial charge on any atom is 0.331 e. The summed E-state index contributed by atoms with van der Waals surface area (Å²) in [5.41, 5.74) is 0.157. The maximum atomic E-state index is 13.5. The summed E-state index contributed by atoms with van der Waals surface area (Å²) >= 11 is 0. The largest absolute Gasteiger partial charge is 0.497 e. The lowest BCUT2D eigenvalue weighted by Crippen LogP contribution is -2.52. The van der Waals surface area contributed by atoms with Gasteiger partial charge < -0.3 is 9.47 Å². The van der Waals surface area contributed by atoms with Crippen LogP contribution < -0.4 is 4.74 Å². The third kappa shape index (κ3) is 5.58. The molecule has 2 aromatic rings. The van der Waals surface area contributed by atoms with Gasteiger partial charge >= 0.3 is 5.97 Å². The number of methoxy groups -OCH3 is 1. The number of likely N-dealkylation sites (N-methyl/N-ethyl adjacent to an activating group) is 1. The molecular weight excluding hydrogens is 364 g/mol. The molecule has 0 N–H and O–H groups in total. The van der Waals surface area contributed by atoms with Crippen molar-refractivity contribution >= 4 is 5.97 Å². The van der Waals surface area contributed by atoms with Crippen LogP contribution in [0.5, 0.6) is 5.75 Å². The second-order valence-electron chi connectivity index (χ2n) is 8.09. The number of benzene rings is 2. The summed E-state index contributed by atoms with van der Waals surface area (Å²) in [7, 11) is 3.53. The van der Waals surface area contributed by atoms with E-state index in [0.29, 0.717) is 13.0 Å². The Morgan fingerprint density at radius 3 is 2.21 bits per heavy atom. The van der Waals surface area contributed by atoms with Crippen LogP contribution in [-0.4, -0.2) is 30.6 Å². The van der Waals surface area contributed by atoms with Gasteiger partial charge in [0.2, 0.25) is 0 Å². The molecule has 29 heavy (non-hydrogen) atoms. The maximum absolute atomic E-state index is 13.5. The second kappa shape index (κ2) is 9.58. The fraction of sp³-hybridized carbons (Fsp3) is 0.417. The van der Waals surface area contributed by atoms with Crippen molar-refractivity contribution in [3.05, 3.63) is 65.7 Å². The summed E-state index contributed by atoms with van der Waals surface area (Å²) in [6.07, 6.45) is 0.580. The van der Waals surface area contributed by atoms with E-state index >= 15 is 0 Å². The third-order valence-corrected chi connectivity index (χ3v) is 4.82. The number of ether oxygens (including phenoxy) is 2. The fourth-order valence-electron chi connectivity index (χ4n) is 3.38. The normalized spacial score (nSPS) is 13.4. The minimum Gasteiger partial charge on any atom is -0.497 e. The van der Waals surface area contributed by atoms with Crippen molar-refractivity contribution in [3.63, 3.8) is 0 Å². The predicted octanol–water partition coefficient (Wildman–Crippen LogP) is 4.67. The van der Waals surface area contributed by atoms with Gasteiger partial charge in [-0.2, -0.15) is 5.26 Å². The van der Waals surface area contributed by atoms with Crippen LogP contribution in [-0.2, 0) is 21.6 Å². The molecule has 1 unspecified atom stereocenters. The van der Waals surface area contributed by atoms with Gasteiger partial charge in [0.1, 0.15) is 16.9 Å². The van der Waals surface area contributed by atoms with Crippen molar-refractivity contribution < 1.29 is 14.3 Å². The molecule has 1 atom stereocenters. The standard InChI is InChI=1S/C24H30N2O3/c1-23(2,3)29-22(27)24(16-9-17-25,20-10-7-6-8-11-20)26(4)18-19-12-14-21(28-5)15-13-19/h6-8,10-15H,9,16,18H2,1-5H3. The van der Waals surface area contributed by atoms with E-state index in [2.05, 4.69) is 6.07 Å². The molecule has 0 amide bonds. The second-order valence-corrected chi connectivity index (χ2v) is 8.09. The third-order valence-electron chi connectivity index (χ3n) is 4.82. The molecule has 0 fully saturated rings. The van der Waals surface area contributed by atoms with Gasteiger partial charge in [0.15, 0.2) is 0 Å². The van der Waals surface area contributed by atoms with Crippen molar-refractivity contribution in [2.75, 3.05) is 14.2 Å². The van der Waals surface area contributed by atoms with Crippen molar-refractivity contribution in [2.45, 2.75) is 51.3 Å². The van der Waals surface area contributed by atoms with Gasteiger partial charge in [0.25, 0.3) is 0 Å². The minimum absolute atomic E-state index is 0.237. The Balaban J connectivity index is 2.49. The Kier molecular flexibility index (Phi) is 7.41. The molecule has 0 radical (unpaired) electrons. The van der Waals surface area contributed by atoms with Gasteiger partial charge in [-0.05, 0) is 57.5 Å². The van der Waals surface area contributed by atoms with Gasteiger partial charge in [-0.3, -0.25) is 4.90 Å². The highest BCUT2D eigenvalue weighted by Crippen LogP contribution is 2.36. The first-order valence-electron chi connectivity index (χ1n) is 9.73. The smallest absolute Gasteiger partial charge is 0.331 e. The van der Waals surface area contributed by atoms with E-state index < -0.39 is 11.1 Å². The first-order valence-corrected chi connectivity index (χ1v) is 9.73. The topological polar surface area (TPSA) is 62.6 Å². The zero-order valence-electron chi connectivity index (χ0n) is 17.9. The minimum atomic E-state index is -1.07. The molecule has 0 aromatic heterocycles. The highest BCUT2D eigenvalue weighted by Gasteiger charge is 2.46. The lowest BCUT2D eigenvalue weighted by atomic mass is 9.83. The van der Waals surface area contributed by atoms with Gasteiger partial charge in [0.05, 0.1) is 13.2 Å². The number of hydrogen-bond acceptors (Lipinski definition) is 5. The Hall–Kier alpha value is -2.84. The van der Waals surface area contributed by atoms with Crippen LogP contribution in [0, 0.1) is 11.3 Å². The number of carbonyl (C=O) groups excluding carboxylic acids is 1. The number of nitrogens with zero attached hydrogens (tertiary/aromatic N) is 2. The molecule has 154 valence electrons. The summed E-state index contributed by atoms with van der Waals surface area (Å²) in [4.78, 5) is 15.5. The molecule has 0 aliphatic rings. The molecule has 5 nitrogen and oxygen atoms in total. The molecular formula is C24H30N2O3. The van der Waals surface area contributed by atoms with Crippen LogP contribution in [0.3, 0.4) is 0 Å². The highest BCUT2D eigenvalue weighted by atomic mass is 16.6. The van der Waals surface area contributed by atoms with E-state index in [1.165, 1.54) is 0 Å². The quantitative estimate of drug-likeness (QED) is 0.609. The molecule has 0 spiro atoms. The number of esters is 1. The number of rotatable bonds is 8. The Morgan fingerprint density at radius 1 is 1.07 bits per heavy atom. The lowest BCUT2D eigenvalue weighted by Gasteiger charge is -2.41. The average molecular weight is 395 g/mol. The van der Waals surface area contributed by atoms with E-state index in [9.17, 15) is 10.1 Å². The number of nitriles is 1. The van der Waals surface area contributed by atoms with Crippen LogP contribution in [0.2, 0.25) is 0 Å². The summed E-state index contributed by atoms with van der Waals surface area (Å²) in [6.45, 7) is 6.08. The van der Waals surface area contributed by atoms with E-state index in [4.69, 9.17) is 9.47 Å². The zero-order chi connectivity index (χ0) is 21.5. The monoisotopic (exact) mass is 394 g/mol. The van der Waals surface area contributed by atoms with Crippen LogP contribution in [0.15, 0.2) is 54.6 Å². The molecule has 0 saturated heterocycles. The average Bonchev–Trinajstić information content (AvgIpc) is 2.68. The Bertz CT molecular complexity index is 835. The molecule has 0 aliphatic heterocycles. The van der Waals surface area contributed by atoms with Crippen molar-refractivity contribution in [2.24, 2.45) is 0 Å². The SMILES string of the molecule is COc1ccc(CN(C)C(CCC#N)(C(=O)OC(C)(C)C)c2ccccc2)cc1. The van der Waals surface area contributed by atoms with Crippen LogP contribution in [0.4, 0.5) is 0 Å². The molecule has 0 heterocycles. The van der Waals surface area contributed by atoms with E-state index in [0.717, 1.165) is 16.9 Å². The Labute approximate surface area is 173 Å². The van der Waals surface area contributed by atoms with Gasteiger partial charge in [-0.15, -0.1) is 0 Å². The first-order chi connectivity index (χ1) is 13.7. The highest BCUT2D eigenvalue weighted by molar-refractivity contribution is 5.83. The molecule has 0 bridgehead atoms. The van der Waals surface area contributed by atoms with Gasteiger partial charge in [0, 0.05) is 13.0 Å². The molecule has 2 rings (SSSR count). The van der Waals surface area contributed by atoms with Crippen molar-refractivity contribution in [1.29, 1.82) is 5.26 Å². The Morgan fingerprint density at radius 2 is 1.69 bits per heavy atom. The summed E-state index contributed by atoms with van der Waals surface area (Å²) in [6, 6.07) is 19.5. The molecule has 5 heteroatoms. The summed E-state index contributed by atoms with van der Waals surface area (Å²) in [5.74, 6) is 0.435.